The molecule has 2 aromatic rings. The fourth-order valence-corrected chi connectivity index (χ4v) is 4.01. The molecule has 1 aromatic heterocycles. The first kappa shape index (κ1) is 18.7. The molecule has 7 heteroatoms. The number of aromatic nitrogens is 1. The highest BCUT2D eigenvalue weighted by molar-refractivity contribution is 5.84. The first-order chi connectivity index (χ1) is 13.6. The zero-order valence-corrected chi connectivity index (χ0v) is 15.7. The van der Waals surface area contributed by atoms with Gasteiger partial charge in [-0.2, -0.15) is 0 Å². The van der Waals surface area contributed by atoms with Crippen LogP contribution in [0, 0.1) is 5.82 Å². The largest absolute Gasteiger partial charge is 0.378 e. The summed E-state index contributed by atoms with van der Waals surface area (Å²) in [6.45, 7) is 3.48. The Kier molecular flexibility index (Phi) is 5.43. The minimum Gasteiger partial charge on any atom is -0.378 e. The molecule has 1 unspecified atom stereocenters. The summed E-state index contributed by atoms with van der Waals surface area (Å²) in [7, 11) is 0. The van der Waals surface area contributed by atoms with Gasteiger partial charge in [-0.3, -0.25) is 9.59 Å². The van der Waals surface area contributed by atoms with Gasteiger partial charge in [0, 0.05) is 50.9 Å². The van der Waals surface area contributed by atoms with E-state index in [0.717, 1.165) is 11.3 Å². The van der Waals surface area contributed by atoms with Crippen molar-refractivity contribution in [1.82, 2.24) is 14.4 Å². The van der Waals surface area contributed by atoms with Gasteiger partial charge in [0.25, 0.3) is 0 Å². The molecular weight excluding hydrogens is 361 g/mol. The SMILES string of the molecule is O=C(CCC(=O)N1CCn2cccc2C1c1cccc(F)c1)N1CCOCC1. The van der Waals surface area contributed by atoms with Gasteiger partial charge in [-0.25, -0.2) is 4.39 Å². The fourth-order valence-electron chi connectivity index (χ4n) is 4.01. The number of ether oxygens (including phenoxy) is 1. The minimum atomic E-state index is -0.342. The predicted molar refractivity (Wildman–Crippen MR) is 101 cm³/mol. The highest BCUT2D eigenvalue weighted by Crippen LogP contribution is 2.33. The molecule has 2 aliphatic rings. The number of fused-ring (bicyclic) bond motifs is 1. The molecule has 28 heavy (non-hydrogen) atoms. The predicted octanol–water partition coefficient (Wildman–Crippen LogP) is 2.20. The summed E-state index contributed by atoms with van der Waals surface area (Å²) in [6, 6.07) is 9.95. The summed E-state index contributed by atoms with van der Waals surface area (Å²) in [5.74, 6) is -0.418. The lowest BCUT2D eigenvalue weighted by Crippen LogP contribution is -2.44. The maximum absolute atomic E-state index is 13.8. The van der Waals surface area contributed by atoms with Gasteiger partial charge in [-0.05, 0) is 29.8 Å². The van der Waals surface area contributed by atoms with Crippen LogP contribution < -0.4 is 0 Å². The smallest absolute Gasteiger partial charge is 0.223 e. The molecule has 1 atom stereocenters. The maximum atomic E-state index is 13.8. The number of hydrogen-bond acceptors (Lipinski definition) is 3. The Bertz CT molecular complexity index is 860. The van der Waals surface area contributed by atoms with Crippen LogP contribution in [0.3, 0.4) is 0 Å². The van der Waals surface area contributed by atoms with Crippen molar-refractivity contribution in [2.75, 3.05) is 32.8 Å². The third kappa shape index (κ3) is 3.80. The molecule has 0 bridgehead atoms. The van der Waals surface area contributed by atoms with Crippen molar-refractivity contribution in [1.29, 1.82) is 0 Å². The zero-order chi connectivity index (χ0) is 19.5. The number of morpholine rings is 1. The monoisotopic (exact) mass is 385 g/mol. The number of nitrogens with zero attached hydrogens (tertiary/aromatic N) is 3. The number of carbonyl (C=O) groups is 2. The van der Waals surface area contributed by atoms with Crippen molar-refractivity contribution in [2.45, 2.75) is 25.4 Å². The topological polar surface area (TPSA) is 54.8 Å². The van der Waals surface area contributed by atoms with Gasteiger partial charge in [0.2, 0.25) is 11.8 Å². The van der Waals surface area contributed by atoms with Crippen molar-refractivity contribution in [2.24, 2.45) is 0 Å². The van der Waals surface area contributed by atoms with E-state index >= 15 is 0 Å². The van der Waals surface area contributed by atoms with E-state index in [4.69, 9.17) is 4.74 Å². The molecule has 0 N–H and O–H groups in total. The molecule has 3 heterocycles. The van der Waals surface area contributed by atoms with E-state index in [0.29, 0.717) is 39.4 Å². The van der Waals surface area contributed by atoms with Crippen LogP contribution in [0.15, 0.2) is 42.6 Å². The van der Waals surface area contributed by atoms with Crippen LogP contribution in [-0.2, 0) is 20.9 Å². The molecule has 0 aliphatic carbocycles. The van der Waals surface area contributed by atoms with Gasteiger partial charge in [0.1, 0.15) is 5.82 Å². The average molecular weight is 385 g/mol. The van der Waals surface area contributed by atoms with Crippen molar-refractivity contribution < 1.29 is 18.7 Å². The van der Waals surface area contributed by atoms with Gasteiger partial charge >= 0.3 is 0 Å². The molecule has 0 spiro atoms. The zero-order valence-electron chi connectivity index (χ0n) is 15.7. The summed E-state index contributed by atoms with van der Waals surface area (Å²) >= 11 is 0. The second-order valence-corrected chi connectivity index (χ2v) is 7.16. The number of hydrogen-bond donors (Lipinski definition) is 0. The molecule has 4 rings (SSSR count). The summed E-state index contributed by atoms with van der Waals surface area (Å²) in [4.78, 5) is 28.9. The number of halogens is 1. The molecule has 1 aromatic carbocycles. The third-order valence-electron chi connectivity index (χ3n) is 5.44. The summed E-state index contributed by atoms with van der Waals surface area (Å²) in [5, 5.41) is 0. The van der Waals surface area contributed by atoms with Gasteiger partial charge < -0.3 is 19.1 Å². The Morgan fingerprint density at radius 1 is 1.00 bits per heavy atom. The average Bonchev–Trinajstić information content (AvgIpc) is 3.20. The minimum absolute atomic E-state index is 0.0145. The van der Waals surface area contributed by atoms with E-state index in [1.165, 1.54) is 12.1 Å². The Balaban J connectivity index is 1.50. The van der Waals surface area contributed by atoms with E-state index in [9.17, 15) is 14.0 Å². The van der Waals surface area contributed by atoms with Crippen LogP contribution in [0.2, 0.25) is 0 Å². The number of rotatable bonds is 4. The van der Waals surface area contributed by atoms with Gasteiger partial charge in [-0.15, -0.1) is 0 Å². The first-order valence-electron chi connectivity index (χ1n) is 9.69. The highest BCUT2D eigenvalue weighted by atomic mass is 19.1. The molecule has 2 aliphatic heterocycles. The van der Waals surface area contributed by atoms with Crippen molar-refractivity contribution in [3.63, 3.8) is 0 Å². The maximum Gasteiger partial charge on any atom is 0.223 e. The van der Waals surface area contributed by atoms with Crippen LogP contribution in [0.1, 0.15) is 30.1 Å². The van der Waals surface area contributed by atoms with Gasteiger partial charge in [0.05, 0.1) is 19.3 Å². The second-order valence-electron chi connectivity index (χ2n) is 7.16. The quantitative estimate of drug-likeness (QED) is 0.811. The molecule has 0 radical (unpaired) electrons. The van der Waals surface area contributed by atoms with Crippen LogP contribution in [0.25, 0.3) is 0 Å². The number of amides is 2. The number of carbonyl (C=O) groups excluding carboxylic acids is 2. The Morgan fingerprint density at radius 2 is 1.79 bits per heavy atom. The Hall–Kier alpha value is -2.67. The lowest BCUT2D eigenvalue weighted by atomic mass is 9.99. The normalized spacial score (nSPS) is 19.4. The molecule has 6 nitrogen and oxygen atoms in total. The molecule has 1 saturated heterocycles. The van der Waals surface area contributed by atoms with E-state index in [1.54, 1.807) is 15.9 Å². The molecule has 148 valence electrons. The molecule has 0 saturated carbocycles. The fraction of sp³-hybridized carbons (Fsp3) is 0.429. The van der Waals surface area contributed by atoms with Crippen LogP contribution >= 0.6 is 0 Å². The first-order valence-corrected chi connectivity index (χ1v) is 9.69. The van der Waals surface area contributed by atoms with Gasteiger partial charge in [-0.1, -0.05) is 12.1 Å². The highest BCUT2D eigenvalue weighted by Gasteiger charge is 2.32. The third-order valence-corrected chi connectivity index (χ3v) is 5.44. The second kappa shape index (κ2) is 8.14. The van der Waals surface area contributed by atoms with Crippen LogP contribution in [0.5, 0.6) is 0 Å². The Labute approximate surface area is 163 Å². The van der Waals surface area contributed by atoms with Crippen molar-refractivity contribution >= 4 is 11.8 Å². The van der Waals surface area contributed by atoms with Gasteiger partial charge in [0.15, 0.2) is 0 Å². The van der Waals surface area contributed by atoms with E-state index < -0.39 is 0 Å². The van der Waals surface area contributed by atoms with Crippen molar-refractivity contribution in [3.05, 3.63) is 59.7 Å². The standard InChI is InChI=1S/C21H24FN3O3/c22-17-4-1-3-16(15-17)21-18-5-2-8-23(18)9-10-25(21)20(27)7-6-19(26)24-11-13-28-14-12-24/h1-5,8,15,21H,6-7,9-14H2. The van der Waals surface area contributed by atoms with Crippen LogP contribution in [0.4, 0.5) is 4.39 Å². The molecule has 1 fully saturated rings. The van der Waals surface area contributed by atoms with Crippen molar-refractivity contribution in [3.8, 4) is 0 Å². The lowest BCUT2D eigenvalue weighted by molar-refractivity contribution is -0.140. The summed E-state index contributed by atoms with van der Waals surface area (Å²) < 4.78 is 21.2. The summed E-state index contributed by atoms with van der Waals surface area (Å²) in [5.41, 5.74) is 1.71. The lowest BCUT2D eigenvalue weighted by Gasteiger charge is -2.37. The van der Waals surface area contributed by atoms with E-state index in [-0.39, 0.29) is 36.5 Å². The van der Waals surface area contributed by atoms with Crippen LogP contribution in [-0.4, -0.2) is 59.0 Å². The number of benzene rings is 1. The Morgan fingerprint density at radius 3 is 2.57 bits per heavy atom. The summed E-state index contributed by atoms with van der Waals surface area (Å²) in [6.07, 6.45) is 2.32. The molecule has 2 amide bonds. The van der Waals surface area contributed by atoms with E-state index in [2.05, 4.69) is 4.57 Å². The van der Waals surface area contributed by atoms with E-state index in [1.807, 2.05) is 24.4 Å². The molecular formula is C21H24FN3O3.